The number of halogens is 1. The van der Waals surface area contributed by atoms with Gasteiger partial charge < -0.3 is 15.3 Å². The van der Waals surface area contributed by atoms with Crippen molar-refractivity contribution >= 4 is 17.8 Å². The number of aromatic carboxylic acids is 1. The third kappa shape index (κ3) is 4.67. The molecule has 28 heavy (non-hydrogen) atoms. The van der Waals surface area contributed by atoms with E-state index in [1.165, 1.54) is 12.1 Å². The molecule has 1 saturated heterocycles. The Morgan fingerprint density at radius 2 is 1.68 bits per heavy atom. The van der Waals surface area contributed by atoms with Gasteiger partial charge in [0.25, 0.3) is 5.91 Å². The molecule has 0 spiro atoms. The monoisotopic (exact) mass is 386 g/mol. The third-order valence-corrected chi connectivity index (χ3v) is 4.62. The number of carbonyl (C=O) groups excluding carboxylic acids is 2. The topological polar surface area (TPSA) is 112 Å². The van der Waals surface area contributed by atoms with E-state index in [4.69, 9.17) is 5.11 Å². The molecule has 0 saturated carbocycles. The second-order valence-corrected chi connectivity index (χ2v) is 6.50. The molecule has 0 bridgehead atoms. The summed E-state index contributed by atoms with van der Waals surface area (Å²) in [6.07, 6.45) is 3.22. The second-order valence-electron chi connectivity index (χ2n) is 6.50. The molecule has 3 rings (SSSR count). The molecular formula is C19H19FN4O4. The van der Waals surface area contributed by atoms with Gasteiger partial charge in [-0.1, -0.05) is 12.1 Å². The lowest BCUT2D eigenvalue weighted by Crippen LogP contribution is -2.43. The summed E-state index contributed by atoms with van der Waals surface area (Å²) in [4.78, 5) is 44.7. The molecule has 2 N–H and O–H groups in total. The van der Waals surface area contributed by atoms with Gasteiger partial charge in [-0.3, -0.25) is 9.59 Å². The van der Waals surface area contributed by atoms with E-state index in [2.05, 4.69) is 15.3 Å². The lowest BCUT2D eigenvalue weighted by Gasteiger charge is -2.31. The van der Waals surface area contributed by atoms with Crippen molar-refractivity contribution in [3.63, 3.8) is 0 Å². The van der Waals surface area contributed by atoms with Crippen molar-refractivity contribution in [2.75, 3.05) is 13.1 Å². The Kier molecular flexibility index (Phi) is 5.93. The van der Waals surface area contributed by atoms with Crippen molar-refractivity contribution in [3.8, 4) is 0 Å². The maximum atomic E-state index is 12.9. The number of rotatable bonds is 5. The Morgan fingerprint density at radius 3 is 2.25 bits per heavy atom. The smallest absolute Gasteiger partial charge is 0.356 e. The summed E-state index contributed by atoms with van der Waals surface area (Å²) in [6.45, 7) is 1.12. The Hall–Kier alpha value is -3.36. The van der Waals surface area contributed by atoms with Crippen LogP contribution in [0.4, 0.5) is 4.39 Å². The SMILES string of the molecule is O=C(O)c1cnc(C(=O)N2CCC(C(=O)NCc3ccc(F)cc3)CC2)cn1. The van der Waals surface area contributed by atoms with Crippen LogP contribution in [0, 0.1) is 11.7 Å². The quantitative estimate of drug-likeness (QED) is 0.805. The molecule has 2 aromatic rings. The van der Waals surface area contributed by atoms with Gasteiger partial charge in [-0.15, -0.1) is 0 Å². The first-order chi connectivity index (χ1) is 13.4. The predicted octanol–water partition coefficient (Wildman–Crippen LogP) is 1.48. The zero-order valence-corrected chi connectivity index (χ0v) is 15.0. The molecule has 2 amide bonds. The fourth-order valence-electron chi connectivity index (χ4n) is 2.99. The predicted molar refractivity (Wildman–Crippen MR) is 95.9 cm³/mol. The van der Waals surface area contributed by atoms with Gasteiger partial charge in [0.15, 0.2) is 5.69 Å². The van der Waals surface area contributed by atoms with Crippen LogP contribution >= 0.6 is 0 Å². The summed E-state index contributed by atoms with van der Waals surface area (Å²) >= 11 is 0. The Bertz CT molecular complexity index is 863. The van der Waals surface area contributed by atoms with Crippen molar-refractivity contribution in [2.24, 2.45) is 5.92 Å². The molecule has 1 aromatic carbocycles. The molecular weight excluding hydrogens is 367 g/mol. The minimum atomic E-state index is -1.21. The highest BCUT2D eigenvalue weighted by Crippen LogP contribution is 2.19. The van der Waals surface area contributed by atoms with Crippen LogP contribution in [0.3, 0.4) is 0 Å². The number of hydrogen-bond acceptors (Lipinski definition) is 5. The fourth-order valence-corrected chi connectivity index (χ4v) is 2.99. The van der Waals surface area contributed by atoms with Gasteiger partial charge in [-0.25, -0.2) is 19.2 Å². The Morgan fingerprint density at radius 1 is 1.07 bits per heavy atom. The van der Waals surface area contributed by atoms with E-state index in [1.807, 2.05) is 0 Å². The third-order valence-electron chi connectivity index (χ3n) is 4.62. The minimum Gasteiger partial charge on any atom is -0.476 e. The Balaban J connectivity index is 1.49. The van der Waals surface area contributed by atoms with Crippen LogP contribution in [0.2, 0.25) is 0 Å². The normalized spacial score (nSPS) is 14.5. The number of piperidine rings is 1. The summed E-state index contributed by atoms with van der Waals surface area (Å²) in [6, 6.07) is 5.93. The lowest BCUT2D eigenvalue weighted by atomic mass is 9.95. The van der Waals surface area contributed by atoms with Gasteiger partial charge in [-0.05, 0) is 30.5 Å². The van der Waals surface area contributed by atoms with Crippen LogP contribution in [0.1, 0.15) is 39.4 Å². The standard InChI is InChI=1S/C19H19FN4O4/c20-14-3-1-12(2-4-14)9-23-17(25)13-5-7-24(8-6-13)18(26)15-10-22-16(11-21-15)19(27)28/h1-4,10-11,13H,5-9H2,(H,23,25)(H,27,28). The molecule has 146 valence electrons. The van der Waals surface area contributed by atoms with E-state index in [1.54, 1.807) is 17.0 Å². The van der Waals surface area contributed by atoms with Gasteiger partial charge in [0.05, 0.1) is 12.4 Å². The van der Waals surface area contributed by atoms with E-state index in [0.29, 0.717) is 32.5 Å². The summed E-state index contributed by atoms with van der Waals surface area (Å²) in [7, 11) is 0. The second kappa shape index (κ2) is 8.55. The molecule has 0 unspecified atom stereocenters. The Labute approximate surface area is 160 Å². The number of aromatic nitrogens is 2. The number of hydrogen-bond donors (Lipinski definition) is 2. The summed E-state index contributed by atoms with van der Waals surface area (Å²) in [5.74, 6) is -2.17. The highest BCUT2D eigenvalue weighted by Gasteiger charge is 2.28. The average molecular weight is 386 g/mol. The van der Waals surface area contributed by atoms with Crippen LogP contribution in [0.25, 0.3) is 0 Å². The highest BCUT2D eigenvalue weighted by atomic mass is 19.1. The van der Waals surface area contributed by atoms with Crippen LogP contribution in [0.15, 0.2) is 36.7 Å². The zero-order valence-electron chi connectivity index (χ0n) is 15.0. The lowest BCUT2D eigenvalue weighted by molar-refractivity contribution is -0.126. The van der Waals surface area contributed by atoms with Gasteiger partial charge in [-0.2, -0.15) is 0 Å². The van der Waals surface area contributed by atoms with Crippen LogP contribution < -0.4 is 5.32 Å². The number of benzene rings is 1. The molecule has 1 aliphatic rings. The van der Waals surface area contributed by atoms with Gasteiger partial charge in [0, 0.05) is 25.6 Å². The molecule has 0 atom stereocenters. The van der Waals surface area contributed by atoms with E-state index in [-0.39, 0.29) is 34.9 Å². The van der Waals surface area contributed by atoms with Gasteiger partial charge >= 0.3 is 5.97 Å². The first kappa shape index (κ1) is 19.4. The number of nitrogens with zero attached hydrogens (tertiary/aromatic N) is 3. The maximum Gasteiger partial charge on any atom is 0.356 e. The molecule has 2 heterocycles. The first-order valence-corrected chi connectivity index (χ1v) is 8.81. The maximum absolute atomic E-state index is 12.9. The van der Waals surface area contributed by atoms with Crippen LogP contribution in [-0.2, 0) is 11.3 Å². The van der Waals surface area contributed by atoms with Crippen molar-refractivity contribution in [2.45, 2.75) is 19.4 Å². The molecule has 1 aliphatic heterocycles. The summed E-state index contributed by atoms with van der Waals surface area (Å²) in [5.41, 5.74) is 0.656. The molecule has 0 radical (unpaired) electrons. The largest absolute Gasteiger partial charge is 0.476 e. The number of likely N-dealkylation sites (tertiary alicyclic amines) is 1. The van der Waals surface area contributed by atoms with E-state index in [9.17, 15) is 18.8 Å². The van der Waals surface area contributed by atoms with Crippen molar-refractivity contribution in [1.82, 2.24) is 20.2 Å². The summed E-state index contributed by atoms with van der Waals surface area (Å²) < 4.78 is 12.9. The summed E-state index contributed by atoms with van der Waals surface area (Å²) in [5, 5.41) is 11.7. The molecule has 9 heteroatoms. The van der Waals surface area contributed by atoms with Crippen LogP contribution in [0.5, 0.6) is 0 Å². The highest BCUT2D eigenvalue weighted by molar-refractivity contribution is 5.93. The van der Waals surface area contributed by atoms with Gasteiger partial charge in [0.1, 0.15) is 11.5 Å². The van der Waals surface area contributed by atoms with Crippen molar-refractivity contribution < 1.29 is 23.9 Å². The molecule has 1 fully saturated rings. The van der Waals surface area contributed by atoms with Crippen molar-refractivity contribution in [1.29, 1.82) is 0 Å². The van der Waals surface area contributed by atoms with E-state index in [0.717, 1.165) is 18.0 Å². The first-order valence-electron chi connectivity index (χ1n) is 8.81. The zero-order chi connectivity index (χ0) is 20.1. The van der Waals surface area contributed by atoms with Crippen LogP contribution in [-0.4, -0.2) is 50.8 Å². The molecule has 8 nitrogen and oxygen atoms in total. The molecule has 0 aliphatic carbocycles. The molecule has 1 aromatic heterocycles. The minimum absolute atomic E-state index is 0.0733. The van der Waals surface area contributed by atoms with E-state index >= 15 is 0 Å². The van der Waals surface area contributed by atoms with Gasteiger partial charge in [0.2, 0.25) is 5.91 Å². The fraction of sp³-hybridized carbons (Fsp3) is 0.316. The average Bonchev–Trinajstić information content (AvgIpc) is 2.73. The van der Waals surface area contributed by atoms with Crippen molar-refractivity contribution in [3.05, 3.63) is 59.4 Å². The number of nitrogens with one attached hydrogen (secondary N) is 1. The number of carboxylic acid groups (broad SMARTS) is 1. The number of carboxylic acids is 1. The number of amides is 2. The van der Waals surface area contributed by atoms with E-state index < -0.39 is 5.97 Å². The number of carbonyl (C=O) groups is 3.